The lowest BCUT2D eigenvalue weighted by Crippen LogP contribution is -2.42. The molecular weight excluding hydrogens is 388 g/mol. The maximum atomic E-state index is 13.2. The highest BCUT2D eigenvalue weighted by molar-refractivity contribution is 5.99. The number of nitrogens with zero attached hydrogens (tertiary/aromatic N) is 4. The Bertz CT molecular complexity index is 1040. The normalized spacial score (nSPS) is 19.4. The molecule has 6 nitrogen and oxygen atoms in total. The smallest absolute Gasteiger partial charge is 0.229 e. The second-order valence-corrected chi connectivity index (χ2v) is 8.55. The highest BCUT2D eigenvalue weighted by atomic mass is 16.2. The van der Waals surface area contributed by atoms with Crippen LogP contribution >= 0.6 is 0 Å². The largest absolute Gasteiger partial charge is 0.309 e. The summed E-state index contributed by atoms with van der Waals surface area (Å²) in [7, 11) is 0. The van der Waals surface area contributed by atoms with Gasteiger partial charge in [0.15, 0.2) is 5.41 Å². The summed E-state index contributed by atoms with van der Waals surface area (Å²) in [5, 5.41) is 19.7. The molecule has 2 heterocycles. The van der Waals surface area contributed by atoms with Gasteiger partial charge in [0.1, 0.15) is 0 Å². The standard InChI is InChI=1S/C25H24N4O2/c1-17-11-19-7-3-5-9-21(19)28(17)23(30)13-25(15-26,16-27)14-24(31)29-18(2)12-20-8-4-6-10-22(20)29/h3-10,17-18H,11-14H2,1-2H3/t17-,18-/m1/s1. The van der Waals surface area contributed by atoms with Crippen molar-refractivity contribution in [3.8, 4) is 12.1 Å². The number of nitriles is 2. The van der Waals surface area contributed by atoms with Crippen LogP contribution in [0.4, 0.5) is 11.4 Å². The third-order valence-corrected chi connectivity index (χ3v) is 6.29. The van der Waals surface area contributed by atoms with E-state index < -0.39 is 5.41 Å². The van der Waals surface area contributed by atoms with Crippen LogP contribution in [0.25, 0.3) is 0 Å². The van der Waals surface area contributed by atoms with Crippen molar-refractivity contribution in [2.45, 2.75) is 51.6 Å². The van der Waals surface area contributed by atoms with Crippen LogP contribution in [0.5, 0.6) is 0 Å². The molecule has 0 bridgehead atoms. The summed E-state index contributed by atoms with van der Waals surface area (Å²) < 4.78 is 0. The molecule has 0 radical (unpaired) electrons. The molecule has 2 aliphatic heterocycles. The van der Waals surface area contributed by atoms with E-state index in [2.05, 4.69) is 0 Å². The average Bonchev–Trinajstić information content (AvgIpc) is 3.28. The monoisotopic (exact) mass is 412 g/mol. The van der Waals surface area contributed by atoms with E-state index in [1.807, 2.05) is 74.5 Å². The first-order chi connectivity index (χ1) is 14.9. The van der Waals surface area contributed by atoms with Crippen LogP contribution in [0.1, 0.15) is 37.8 Å². The molecule has 0 aromatic heterocycles. The van der Waals surface area contributed by atoms with Crippen molar-refractivity contribution in [3.05, 3.63) is 59.7 Å². The van der Waals surface area contributed by atoms with E-state index in [0.29, 0.717) is 0 Å². The molecule has 0 saturated carbocycles. The van der Waals surface area contributed by atoms with Gasteiger partial charge in [-0.3, -0.25) is 9.59 Å². The quantitative estimate of drug-likeness (QED) is 0.765. The molecule has 0 N–H and O–H groups in total. The SMILES string of the molecule is C[C@@H]1Cc2ccccc2N1C(=O)CC(C#N)(C#N)CC(=O)N1c2ccccc2C[C@H]1C. The van der Waals surface area contributed by atoms with Crippen LogP contribution in [-0.2, 0) is 22.4 Å². The Morgan fingerprint density at radius 3 is 1.61 bits per heavy atom. The van der Waals surface area contributed by atoms with Gasteiger partial charge in [-0.25, -0.2) is 0 Å². The molecule has 4 rings (SSSR count). The Kier molecular flexibility index (Phi) is 5.25. The zero-order valence-electron chi connectivity index (χ0n) is 17.7. The van der Waals surface area contributed by atoms with Gasteiger partial charge in [-0.05, 0) is 49.9 Å². The topological polar surface area (TPSA) is 88.2 Å². The molecule has 0 unspecified atom stereocenters. The van der Waals surface area contributed by atoms with Gasteiger partial charge < -0.3 is 9.80 Å². The summed E-state index contributed by atoms with van der Waals surface area (Å²) in [6, 6.07) is 19.2. The Labute approximate surface area is 182 Å². The molecule has 2 aromatic carbocycles. The molecule has 2 aromatic rings. The minimum atomic E-state index is -1.71. The van der Waals surface area contributed by atoms with E-state index in [-0.39, 0.29) is 36.7 Å². The maximum absolute atomic E-state index is 13.2. The van der Waals surface area contributed by atoms with Crippen molar-refractivity contribution in [3.63, 3.8) is 0 Å². The molecule has 156 valence electrons. The van der Waals surface area contributed by atoms with Crippen LogP contribution < -0.4 is 9.80 Å². The first kappa shape index (κ1) is 20.6. The van der Waals surface area contributed by atoms with Crippen LogP contribution in [0.2, 0.25) is 0 Å². The van der Waals surface area contributed by atoms with Gasteiger partial charge in [0.2, 0.25) is 11.8 Å². The van der Waals surface area contributed by atoms with Gasteiger partial charge in [-0.15, -0.1) is 0 Å². The van der Waals surface area contributed by atoms with Gasteiger partial charge in [0.05, 0.1) is 25.0 Å². The summed E-state index contributed by atoms with van der Waals surface area (Å²) in [4.78, 5) is 29.8. The lowest BCUT2D eigenvalue weighted by Gasteiger charge is -2.28. The van der Waals surface area contributed by atoms with Crippen molar-refractivity contribution in [2.24, 2.45) is 5.41 Å². The molecule has 0 saturated heterocycles. The maximum Gasteiger partial charge on any atom is 0.229 e. The van der Waals surface area contributed by atoms with E-state index in [1.165, 1.54) is 0 Å². The highest BCUT2D eigenvalue weighted by Crippen LogP contribution is 2.37. The van der Waals surface area contributed by atoms with Crippen LogP contribution in [0.15, 0.2) is 48.5 Å². The summed E-state index contributed by atoms with van der Waals surface area (Å²) in [6.45, 7) is 3.90. The molecule has 31 heavy (non-hydrogen) atoms. The highest BCUT2D eigenvalue weighted by Gasteiger charge is 2.42. The number of para-hydroxylation sites is 2. The fraction of sp³-hybridized carbons (Fsp3) is 0.360. The number of hydrogen-bond donors (Lipinski definition) is 0. The Morgan fingerprint density at radius 2 is 1.23 bits per heavy atom. The second-order valence-electron chi connectivity index (χ2n) is 8.55. The zero-order valence-corrected chi connectivity index (χ0v) is 17.7. The molecule has 0 spiro atoms. The fourth-order valence-corrected chi connectivity index (χ4v) is 4.82. The molecule has 6 heteroatoms. The van der Waals surface area contributed by atoms with Gasteiger partial charge in [-0.1, -0.05) is 36.4 Å². The molecule has 2 atom stereocenters. The van der Waals surface area contributed by atoms with Gasteiger partial charge in [0, 0.05) is 23.5 Å². The van der Waals surface area contributed by atoms with Crippen molar-refractivity contribution in [1.82, 2.24) is 0 Å². The van der Waals surface area contributed by atoms with Gasteiger partial charge >= 0.3 is 0 Å². The van der Waals surface area contributed by atoms with E-state index >= 15 is 0 Å². The van der Waals surface area contributed by atoms with E-state index in [1.54, 1.807) is 9.80 Å². The summed E-state index contributed by atoms with van der Waals surface area (Å²) >= 11 is 0. The summed E-state index contributed by atoms with van der Waals surface area (Å²) in [5.74, 6) is -0.605. The Balaban J connectivity index is 1.56. The molecule has 2 aliphatic rings. The van der Waals surface area contributed by atoms with Gasteiger partial charge in [-0.2, -0.15) is 10.5 Å². The number of rotatable bonds is 4. The Hall–Kier alpha value is -3.64. The van der Waals surface area contributed by atoms with Crippen molar-refractivity contribution in [2.75, 3.05) is 9.80 Å². The number of fused-ring (bicyclic) bond motifs is 2. The number of carbonyl (C=O) groups is 2. The number of hydrogen-bond acceptors (Lipinski definition) is 4. The molecule has 0 aliphatic carbocycles. The predicted octanol–water partition coefficient (Wildman–Crippen LogP) is 3.76. The summed E-state index contributed by atoms with van der Waals surface area (Å²) in [5.41, 5.74) is 2.07. The number of carbonyl (C=O) groups excluding carboxylic acids is 2. The lowest BCUT2D eigenvalue weighted by atomic mass is 9.83. The van der Waals surface area contributed by atoms with Crippen molar-refractivity contribution >= 4 is 23.2 Å². The molecule has 2 amide bonds. The molecule has 0 fully saturated rings. The number of benzene rings is 2. The van der Waals surface area contributed by atoms with Gasteiger partial charge in [0.25, 0.3) is 0 Å². The van der Waals surface area contributed by atoms with Crippen LogP contribution in [-0.4, -0.2) is 23.9 Å². The Morgan fingerprint density at radius 1 is 0.839 bits per heavy atom. The average molecular weight is 412 g/mol. The van der Waals surface area contributed by atoms with Crippen LogP contribution in [0, 0.1) is 28.1 Å². The second kappa shape index (κ2) is 7.89. The minimum Gasteiger partial charge on any atom is -0.309 e. The predicted molar refractivity (Wildman–Crippen MR) is 117 cm³/mol. The van der Waals surface area contributed by atoms with E-state index in [9.17, 15) is 20.1 Å². The van der Waals surface area contributed by atoms with Crippen molar-refractivity contribution in [1.29, 1.82) is 10.5 Å². The summed E-state index contributed by atoms with van der Waals surface area (Å²) in [6.07, 6.45) is 0.840. The third kappa shape index (κ3) is 3.55. The zero-order chi connectivity index (χ0) is 22.2. The minimum absolute atomic E-state index is 0.0545. The first-order valence-corrected chi connectivity index (χ1v) is 10.5. The van der Waals surface area contributed by atoms with E-state index in [0.717, 1.165) is 35.3 Å². The number of anilines is 2. The molecular formula is C25H24N4O2. The lowest BCUT2D eigenvalue weighted by molar-refractivity contribution is -0.122. The number of amides is 2. The third-order valence-electron chi connectivity index (χ3n) is 6.29. The fourth-order valence-electron chi connectivity index (χ4n) is 4.82. The van der Waals surface area contributed by atoms with Crippen molar-refractivity contribution < 1.29 is 9.59 Å². The first-order valence-electron chi connectivity index (χ1n) is 10.5. The van der Waals surface area contributed by atoms with E-state index in [4.69, 9.17) is 0 Å². The van der Waals surface area contributed by atoms with Crippen LogP contribution in [0.3, 0.4) is 0 Å².